The van der Waals surface area contributed by atoms with Gasteiger partial charge < -0.3 is 0 Å². The minimum absolute atomic E-state index is 0.279. The smallest absolute Gasteiger partial charge is 0.177 e. The van der Waals surface area contributed by atoms with Crippen molar-refractivity contribution in [2.45, 2.75) is 25.7 Å². The van der Waals surface area contributed by atoms with E-state index in [1.54, 1.807) is 22.7 Å². The Morgan fingerprint density at radius 3 is 3.06 bits per heavy atom. The molecule has 0 N–H and O–H groups in total. The number of fused-ring (bicyclic) bond motifs is 1. The van der Waals surface area contributed by atoms with Crippen molar-refractivity contribution >= 4 is 28.5 Å². The fraction of sp³-hybridized carbons (Fsp3) is 0.308. The Labute approximate surface area is 103 Å². The van der Waals surface area contributed by atoms with Crippen LogP contribution in [0.25, 0.3) is 0 Å². The quantitative estimate of drug-likeness (QED) is 0.757. The molecule has 1 aliphatic carbocycles. The lowest BCUT2D eigenvalue weighted by atomic mass is 10.2. The molecule has 16 heavy (non-hydrogen) atoms. The van der Waals surface area contributed by atoms with Crippen molar-refractivity contribution in [3.8, 4) is 0 Å². The number of carbonyl (C=O) groups is 1. The second-order valence-electron chi connectivity index (χ2n) is 4.09. The first-order valence-electron chi connectivity index (χ1n) is 5.50. The lowest BCUT2D eigenvalue weighted by Crippen LogP contribution is -1.99. The summed E-state index contributed by atoms with van der Waals surface area (Å²) in [5, 5.41) is 2.02. The van der Waals surface area contributed by atoms with E-state index in [4.69, 9.17) is 0 Å². The topological polar surface area (TPSA) is 17.1 Å². The molecule has 0 aliphatic heterocycles. The number of hydrogen-bond donors (Lipinski definition) is 0. The van der Waals surface area contributed by atoms with Gasteiger partial charge in [-0.15, -0.1) is 22.7 Å². The molecule has 0 amide bonds. The van der Waals surface area contributed by atoms with Crippen molar-refractivity contribution < 1.29 is 4.79 Å². The molecule has 2 aromatic rings. The van der Waals surface area contributed by atoms with Crippen LogP contribution in [0.3, 0.4) is 0 Å². The van der Waals surface area contributed by atoms with Gasteiger partial charge in [-0.25, -0.2) is 0 Å². The third-order valence-corrected chi connectivity index (χ3v) is 5.09. The average Bonchev–Trinajstić information content (AvgIpc) is 2.91. The molecule has 0 atom stereocenters. The Bertz CT molecular complexity index is 487. The van der Waals surface area contributed by atoms with Gasteiger partial charge in [-0.2, -0.15) is 0 Å². The lowest BCUT2D eigenvalue weighted by molar-refractivity contribution is 0.0997. The highest BCUT2D eigenvalue weighted by Crippen LogP contribution is 2.31. The van der Waals surface area contributed by atoms with E-state index in [0.717, 1.165) is 11.3 Å². The zero-order valence-electron chi connectivity index (χ0n) is 8.86. The van der Waals surface area contributed by atoms with E-state index in [9.17, 15) is 4.79 Å². The van der Waals surface area contributed by atoms with E-state index in [-0.39, 0.29) is 5.78 Å². The van der Waals surface area contributed by atoms with Gasteiger partial charge in [-0.3, -0.25) is 4.79 Å². The van der Waals surface area contributed by atoms with Crippen molar-refractivity contribution in [1.82, 2.24) is 0 Å². The van der Waals surface area contributed by atoms with Crippen LogP contribution in [0.5, 0.6) is 0 Å². The predicted octanol–water partition coefficient (Wildman–Crippen LogP) is 3.72. The zero-order chi connectivity index (χ0) is 11.0. The van der Waals surface area contributed by atoms with E-state index < -0.39 is 0 Å². The monoisotopic (exact) mass is 248 g/mol. The maximum atomic E-state index is 12.0. The minimum atomic E-state index is 0.279. The van der Waals surface area contributed by atoms with Gasteiger partial charge >= 0.3 is 0 Å². The predicted molar refractivity (Wildman–Crippen MR) is 68.7 cm³/mol. The van der Waals surface area contributed by atoms with Crippen LogP contribution in [-0.4, -0.2) is 5.78 Å². The number of carbonyl (C=O) groups excluding carboxylic acids is 1. The van der Waals surface area contributed by atoms with Gasteiger partial charge in [0.15, 0.2) is 5.78 Å². The normalized spacial score (nSPS) is 14.0. The molecule has 0 aromatic carbocycles. The summed E-state index contributed by atoms with van der Waals surface area (Å²) in [6, 6.07) is 6.15. The van der Waals surface area contributed by atoms with Gasteiger partial charge in [0.2, 0.25) is 0 Å². The van der Waals surface area contributed by atoms with Crippen LogP contribution in [0.1, 0.15) is 31.4 Å². The molecule has 2 heterocycles. The first-order chi connectivity index (χ1) is 7.83. The lowest BCUT2D eigenvalue weighted by Gasteiger charge is -1.94. The molecule has 3 heteroatoms. The Morgan fingerprint density at radius 1 is 1.38 bits per heavy atom. The van der Waals surface area contributed by atoms with Crippen molar-refractivity contribution in [2.24, 2.45) is 0 Å². The van der Waals surface area contributed by atoms with Crippen LogP contribution >= 0.6 is 22.7 Å². The van der Waals surface area contributed by atoms with Crippen molar-refractivity contribution in [2.75, 3.05) is 0 Å². The number of thiophene rings is 2. The van der Waals surface area contributed by atoms with E-state index >= 15 is 0 Å². The molecule has 0 bridgehead atoms. The minimum Gasteiger partial charge on any atom is -0.293 e. The maximum absolute atomic E-state index is 12.0. The summed E-state index contributed by atoms with van der Waals surface area (Å²) < 4.78 is 0. The second kappa shape index (κ2) is 4.15. The molecule has 0 fully saturated rings. The van der Waals surface area contributed by atoms with Crippen LogP contribution in [0.4, 0.5) is 0 Å². The Kier molecular flexibility index (Phi) is 2.65. The second-order valence-corrected chi connectivity index (χ2v) is 6.26. The number of aryl methyl sites for hydroxylation is 2. The largest absolute Gasteiger partial charge is 0.293 e. The molecule has 0 unspecified atom stereocenters. The first kappa shape index (κ1) is 10.2. The summed E-state index contributed by atoms with van der Waals surface area (Å²) in [6.45, 7) is 0. The van der Waals surface area contributed by atoms with Crippen molar-refractivity contribution in [1.29, 1.82) is 0 Å². The first-order valence-corrected chi connectivity index (χ1v) is 7.20. The molecule has 3 rings (SSSR count). The standard InChI is InChI=1S/C13H12OS2/c14-11(8-10-4-2-6-15-10)13-7-9-3-1-5-12(9)16-13/h2,4,6-7H,1,3,5,8H2. The van der Waals surface area contributed by atoms with E-state index in [0.29, 0.717) is 6.42 Å². The molecule has 0 saturated heterocycles. The van der Waals surface area contributed by atoms with Crippen LogP contribution in [0, 0.1) is 0 Å². The van der Waals surface area contributed by atoms with Gasteiger partial charge in [0.05, 0.1) is 4.88 Å². The van der Waals surface area contributed by atoms with Gasteiger partial charge in [0.1, 0.15) is 0 Å². The van der Waals surface area contributed by atoms with E-state index in [1.165, 1.54) is 28.2 Å². The fourth-order valence-corrected chi connectivity index (χ4v) is 4.02. The highest BCUT2D eigenvalue weighted by atomic mass is 32.1. The van der Waals surface area contributed by atoms with Crippen LogP contribution in [0.15, 0.2) is 23.6 Å². The van der Waals surface area contributed by atoms with E-state index in [1.807, 2.05) is 17.5 Å². The number of rotatable bonds is 3. The maximum Gasteiger partial charge on any atom is 0.177 e. The van der Waals surface area contributed by atoms with Crippen LogP contribution < -0.4 is 0 Å². The molecule has 2 aromatic heterocycles. The Morgan fingerprint density at radius 2 is 2.31 bits per heavy atom. The molecule has 1 nitrogen and oxygen atoms in total. The summed E-state index contributed by atoms with van der Waals surface area (Å²) in [5.41, 5.74) is 1.42. The molecular weight excluding hydrogens is 236 g/mol. The van der Waals surface area contributed by atoms with Crippen molar-refractivity contribution in [3.63, 3.8) is 0 Å². The number of hydrogen-bond acceptors (Lipinski definition) is 3. The highest BCUT2D eigenvalue weighted by Gasteiger charge is 2.18. The number of Topliss-reactive ketones (excluding diaryl/α,β-unsaturated/α-hetero) is 1. The zero-order valence-corrected chi connectivity index (χ0v) is 10.5. The number of ketones is 1. The van der Waals surface area contributed by atoms with Gasteiger partial charge in [-0.05, 0) is 42.3 Å². The van der Waals surface area contributed by atoms with Crippen LogP contribution in [-0.2, 0) is 19.3 Å². The SMILES string of the molecule is O=C(Cc1cccs1)c1cc2c(s1)CCC2. The Balaban J connectivity index is 1.79. The van der Waals surface area contributed by atoms with Gasteiger partial charge in [0, 0.05) is 16.2 Å². The summed E-state index contributed by atoms with van der Waals surface area (Å²) in [7, 11) is 0. The van der Waals surface area contributed by atoms with Gasteiger partial charge in [0.25, 0.3) is 0 Å². The molecule has 0 saturated carbocycles. The molecule has 82 valence electrons. The van der Waals surface area contributed by atoms with Crippen molar-refractivity contribution in [3.05, 3.63) is 43.8 Å². The third kappa shape index (κ3) is 1.85. The summed E-state index contributed by atoms with van der Waals surface area (Å²) >= 11 is 3.37. The summed E-state index contributed by atoms with van der Waals surface area (Å²) in [6.07, 6.45) is 4.17. The van der Waals surface area contributed by atoms with Crippen LogP contribution in [0.2, 0.25) is 0 Å². The summed E-state index contributed by atoms with van der Waals surface area (Å²) in [4.78, 5) is 15.6. The fourth-order valence-electron chi connectivity index (χ4n) is 2.12. The highest BCUT2D eigenvalue weighted by molar-refractivity contribution is 7.14. The summed E-state index contributed by atoms with van der Waals surface area (Å²) in [5.74, 6) is 0.279. The third-order valence-electron chi connectivity index (χ3n) is 2.94. The molecule has 1 aliphatic rings. The molecule has 0 spiro atoms. The average molecular weight is 248 g/mol. The van der Waals surface area contributed by atoms with Gasteiger partial charge in [-0.1, -0.05) is 6.07 Å². The van der Waals surface area contributed by atoms with E-state index in [2.05, 4.69) is 6.07 Å². The molecular formula is C13H12OS2. The Hall–Kier alpha value is -0.930. The molecule has 0 radical (unpaired) electrons.